The lowest BCUT2D eigenvalue weighted by Gasteiger charge is -2.23. The number of nitrogens with one attached hydrogen (secondary N) is 2. The van der Waals surface area contributed by atoms with Crippen LogP contribution in [-0.2, 0) is 9.59 Å². The van der Waals surface area contributed by atoms with Crippen LogP contribution < -0.4 is 15.4 Å². The third-order valence-corrected chi connectivity index (χ3v) is 5.02. The van der Waals surface area contributed by atoms with Crippen LogP contribution in [0.2, 0.25) is 5.02 Å². The molecule has 3 rings (SSSR count). The van der Waals surface area contributed by atoms with E-state index >= 15 is 0 Å². The first-order chi connectivity index (χ1) is 11.5. The highest BCUT2D eigenvalue weighted by molar-refractivity contribution is 8.01. The Morgan fingerprint density at radius 1 is 1.29 bits per heavy atom. The van der Waals surface area contributed by atoms with Gasteiger partial charge in [0.05, 0.1) is 18.0 Å². The van der Waals surface area contributed by atoms with E-state index in [9.17, 15) is 9.59 Å². The van der Waals surface area contributed by atoms with Crippen LogP contribution in [-0.4, -0.2) is 24.2 Å². The number of benzene rings is 2. The number of amides is 2. The number of methoxy groups -OCH3 is 1. The van der Waals surface area contributed by atoms with Crippen LogP contribution in [0.25, 0.3) is 0 Å². The van der Waals surface area contributed by atoms with Crippen molar-refractivity contribution in [3.63, 3.8) is 0 Å². The van der Waals surface area contributed by atoms with Crippen molar-refractivity contribution >= 4 is 46.6 Å². The molecule has 0 radical (unpaired) electrons. The highest BCUT2D eigenvalue weighted by Gasteiger charge is 2.29. The van der Waals surface area contributed by atoms with E-state index in [-0.39, 0.29) is 18.2 Å². The van der Waals surface area contributed by atoms with Gasteiger partial charge in [-0.05, 0) is 42.5 Å². The molecule has 2 amide bonds. The van der Waals surface area contributed by atoms with Crippen molar-refractivity contribution in [2.24, 2.45) is 0 Å². The second kappa shape index (κ2) is 7.15. The molecule has 1 atom stereocenters. The summed E-state index contributed by atoms with van der Waals surface area (Å²) in [5, 5.41) is 5.67. The van der Waals surface area contributed by atoms with Gasteiger partial charge in [0.2, 0.25) is 11.8 Å². The number of fused-ring (bicyclic) bond motifs is 1. The monoisotopic (exact) mass is 362 g/mol. The molecule has 2 aromatic carbocycles. The van der Waals surface area contributed by atoms with E-state index in [1.54, 1.807) is 43.5 Å². The molecule has 24 heavy (non-hydrogen) atoms. The SMILES string of the molecule is COc1ccc(NC(=O)C[C@@H]2Sc3ccc(Cl)cc3NC2=O)cc1. The average molecular weight is 363 g/mol. The Morgan fingerprint density at radius 3 is 2.75 bits per heavy atom. The van der Waals surface area contributed by atoms with Crippen molar-refractivity contribution in [2.45, 2.75) is 16.6 Å². The van der Waals surface area contributed by atoms with Crippen LogP contribution in [0.1, 0.15) is 6.42 Å². The quantitative estimate of drug-likeness (QED) is 0.868. The number of ether oxygens (including phenoxy) is 1. The lowest BCUT2D eigenvalue weighted by Crippen LogP contribution is -2.32. The molecule has 2 aromatic rings. The van der Waals surface area contributed by atoms with Gasteiger partial charge in [-0.3, -0.25) is 9.59 Å². The van der Waals surface area contributed by atoms with Crippen LogP contribution in [0.15, 0.2) is 47.4 Å². The molecule has 1 heterocycles. The maximum Gasteiger partial charge on any atom is 0.238 e. The zero-order valence-electron chi connectivity index (χ0n) is 12.8. The van der Waals surface area contributed by atoms with Gasteiger partial charge >= 0.3 is 0 Å². The Kier molecular flexibility index (Phi) is 4.97. The van der Waals surface area contributed by atoms with Crippen LogP contribution in [0, 0.1) is 0 Å². The zero-order chi connectivity index (χ0) is 17.1. The zero-order valence-corrected chi connectivity index (χ0v) is 14.4. The number of rotatable bonds is 4. The number of hydrogen-bond donors (Lipinski definition) is 2. The molecule has 0 saturated carbocycles. The van der Waals surface area contributed by atoms with E-state index in [4.69, 9.17) is 16.3 Å². The first-order valence-electron chi connectivity index (χ1n) is 7.26. The van der Waals surface area contributed by atoms with Crippen LogP contribution in [0.5, 0.6) is 5.75 Å². The number of thioether (sulfide) groups is 1. The molecule has 0 fully saturated rings. The van der Waals surface area contributed by atoms with Gasteiger partial charge in [-0.1, -0.05) is 11.6 Å². The molecule has 0 unspecified atom stereocenters. The smallest absolute Gasteiger partial charge is 0.238 e. The van der Waals surface area contributed by atoms with E-state index in [0.717, 1.165) is 4.90 Å². The standard InChI is InChI=1S/C17H15ClN2O3S/c1-23-12-5-3-11(4-6-12)19-16(21)9-15-17(22)20-13-8-10(18)2-7-14(13)24-15/h2-8,15H,9H2,1H3,(H,19,21)(H,20,22)/t15-/m0/s1. The molecule has 1 aliphatic rings. The van der Waals surface area contributed by atoms with Gasteiger partial charge in [0.1, 0.15) is 5.75 Å². The Hall–Kier alpha value is -2.18. The fourth-order valence-electron chi connectivity index (χ4n) is 2.31. The summed E-state index contributed by atoms with van der Waals surface area (Å²) in [6.07, 6.45) is 0.0879. The Bertz CT molecular complexity index is 780. The normalized spacial score (nSPS) is 16.1. The van der Waals surface area contributed by atoms with Gasteiger partial charge in [0.25, 0.3) is 0 Å². The maximum atomic E-state index is 12.2. The van der Waals surface area contributed by atoms with Crippen molar-refractivity contribution in [2.75, 3.05) is 17.7 Å². The molecule has 124 valence electrons. The van der Waals surface area contributed by atoms with Gasteiger partial charge in [-0.2, -0.15) is 0 Å². The predicted molar refractivity (Wildman–Crippen MR) is 96.0 cm³/mol. The summed E-state index contributed by atoms with van der Waals surface area (Å²) in [4.78, 5) is 25.3. The number of halogens is 1. The van der Waals surface area contributed by atoms with Crippen molar-refractivity contribution in [3.8, 4) is 5.75 Å². The maximum absolute atomic E-state index is 12.2. The molecule has 1 aliphatic heterocycles. The van der Waals surface area contributed by atoms with E-state index < -0.39 is 5.25 Å². The summed E-state index contributed by atoms with van der Waals surface area (Å²) in [7, 11) is 1.58. The summed E-state index contributed by atoms with van der Waals surface area (Å²) in [5.41, 5.74) is 1.35. The lowest BCUT2D eigenvalue weighted by molar-refractivity contribution is -0.120. The average Bonchev–Trinajstić information content (AvgIpc) is 2.56. The molecular formula is C17H15ClN2O3S. The Balaban J connectivity index is 1.63. The molecule has 0 aliphatic carbocycles. The molecule has 2 N–H and O–H groups in total. The predicted octanol–water partition coefficient (Wildman–Crippen LogP) is 3.79. The first kappa shape index (κ1) is 16.7. The fraction of sp³-hybridized carbons (Fsp3) is 0.176. The molecule has 0 spiro atoms. The summed E-state index contributed by atoms with van der Waals surface area (Å²) >= 11 is 7.29. The van der Waals surface area contributed by atoms with E-state index in [0.29, 0.717) is 22.1 Å². The third kappa shape index (κ3) is 3.83. The van der Waals surface area contributed by atoms with Crippen LogP contribution in [0.3, 0.4) is 0 Å². The van der Waals surface area contributed by atoms with Gasteiger partial charge in [0.15, 0.2) is 0 Å². The number of anilines is 2. The van der Waals surface area contributed by atoms with Gasteiger partial charge < -0.3 is 15.4 Å². The van der Waals surface area contributed by atoms with Crippen molar-refractivity contribution < 1.29 is 14.3 Å². The van der Waals surface area contributed by atoms with Crippen molar-refractivity contribution in [3.05, 3.63) is 47.5 Å². The fourth-order valence-corrected chi connectivity index (χ4v) is 3.57. The highest BCUT2D eigenvalue weighted by Crippen LogP contribution is 2.38. The van der Waals surface area contributed by atoms with E-state index in [1.807, 2.05) is 6.07 Å². The van der Waals surface area contributed by atoms with Crippen LogP contribution >= 0.6 is 23.4 Å². The second-order valence-electron chi connectivity index (χ2n) is 5.22. The van der Waals surface area contributed by atoms with E-state index in [2.05, 4.69) is 10.6 Å². The Morgan fingerprint density at radius 2 is 2.04 bits per heavy atom. The van der Waals surface area contributed by atoms with Gasteiger partial charge in [0, 0.05) is 22.0 Å². The topological polar surface area (TPSA) is 67.4 Å². The highest BCUT2D eigenvalue weighted by atomic mass is 35.5. The summed E-state index contributed by atoms with van der Waals surface area (Å²) in [6, 6.07) is 12.3. The number of carbonyl (C=O) groups excluding carboxylic acids is 2. The first-order valence-corrected chi connectivity index (χ1v) is 8.52. The van der Waals surface area contributed by atoms with E-state index in [1.165, 1.54) is 11.8 Å². The molecule has 7 heteroatoms. The minimum Gasteiger partial charge on any atom is -0.497 e. The largest absolute Gasteiger partial charge is 0.497 e. The van der Waals surface area contributed by atoms with Gasteiger partial charge in [-0.25, -0.2) is 0 Å². The van der Waals surface area contributed by atoms with Crippen molar-refractivity contribution in [1.82, 2.24) is 0 Å². The molecule has 5 nitrogen and oxygen atoms in total. The summed E-state index contributed by atoms with van der Waals surface area (Å²) < 4.78 is 5.07. The third-order valence-electron chi connectivity index (χ3n) is 3.51. The minimum atomic E-state index is -0.475. The molecule has 0 saturated heterocycles. The summed E-state index contributed by atoms with van der Waals surface area (Å²) in [6.45, 7) is 0. The lowest BCUT2D eigenvalue weighted by atomic mass is 10.2. The molecule has 0 aromatic heterocycles. The summed E-state index contributed by atoms with van der Waals surface area (Å²) in [5.74, 6) is 0.301. The second-order valence-corrected chi connectivity index (χ2v) is 6.90. The minimum absolute atomic E-state index is 0.0879. The number of hydrogen-bond acceptors (Lipinski definition) is 4. The molecular weight excluding hydrogens is 348 g/mol. The molecule has 0 bridgehead atoms. The Labute approximate surface area is 148 Å². The van der Waals surface area contributed by atoms with Crippen LogP contribution in [0.4, 0.5) is 11.4 Å². The van der Waals surface area contributed by atoms with Crippen molar-refractivity contribution in [1.29, 1.82) is 0 Å². The van der Waals surface area contributed by atoms with Gasteiger partial charge in [-0.15, -0.1) is 11.8 Å². The number of carbonyl (C=O) groups is 2.